The van der Waals surface area contributed by atoms with E-state index in [1.54, 1.807) is 11.9 Å². The van der Waals surface area contributed by atoms with Gasteiger partial charge in [-0.3, -0.25) is 14.7 Å². The minimum absolute atomic E-state index is 0.00530. The maximum atomic E-state index is 13.4. The molecule has 1 N–H and O–H groups in total. The third-order valence-electron chi connectivity index (χ3n) is 6.45. The van der Waals surface area contributed by atoms with Crippen molar-refractivity contribution in [1.29, 1.82) is 0 Å². The van der Waals surface area contributed by atoms with Crippen molar-refractivity contribution < 1.29 is 14.3 Å². The van der Waals surface area contributed by atoms with Crippen LogP contribution in [0.5, 0.6) is 0 Å². The lowest BCUT2D eigenvalue weighted by Crippen LogP contribution is -2.44. The molecule has 0 unspecified atom stereocenters. The summed E-state index contributed by atoms with van der Waals surface area (Å²) in [6.45, 7) is 5.39. The summed E-state index contributed by atoms with van der Waals surface area (Å²) in [4.78, 5) is 30.2. The van der Waals surface area contributed by atoms with Gasteiger partial charge in [0.15, 0.2) is 0 Å². The molecule has 156 valence electrons. The normalized spacial score (nSPS) is 29.0. The van der Waals surface area contributed by atoms with Gasteiger partial charge in [0, 0.05) is 19.3 Å². The highest BCUT2D eigenvalue weighted by Crippen LogP contribution is 2.52. The summed E-state index contributed by atoms with van der Waals surface area (Å²) >= 11 is 0. The molecule has 0 saturated carbocycles. The van der Waals surface area contributed by atoms with E-state index in [0.717, 1.165) is 22.5 Å². The summed E-state index contributed by atoms with van der Waals surface area (Å²) in [6.07, 6.45) is 3.61. The largest absolute Gasteiger partial charge is 0.360 e. The van der Waals surface area contributed by atoms with E-state index in [-0.39, 0.29) is 17.9 Å². The van der Waals surface area contributed by atoms with Crippen LogP contribution in [-0.4, -0.2) is 57.1 Å². The van der Waals surface area contributed by atoms with Crippen molar-refractivity contribution in [2.75, 3.05) is 13.6 Å². The first kappa shape index (κ1) is 19.1. The van der Waals surface area contributed by atoms with Crippen molar-refractivity contribution in [3.05, 3.63) is 65.0 Å². The third-order valence-corrected chi connectivity index (χ3v) is 6.45. The van der Waals surface area contributed by atoms with Crippen LogP contribution in [0.15, 0.2) is 42.5 Å². The maximum absolute atomic E-state index is 13.4. The van der Waals surface area contributed by atoms with E-state index in [9.17, 15) is 9.59 Å². The first-order valence-electron chi connectivity index (χ1n) is 10.3. The van der Waals surface area contributed by atoms with E-state index >= 15 is 0 Å². The Morgan fingerprint density at radius 1 is 1.37 bits per heavy atom. The predicted molar refractivity (Wildman–Crippen MR) is 110 cm³/mol. The van der Waals surface area contributed by atoms with E-state index in [2.05, 4.69) is 16.3 Å². The highest BCUT2D eigenvalue weighted by molar-refractivity contribution is 5.93. The van der Waals surface area contributed by atoms with Gasteiger partial charge < -0.3 is 14.5 Å². The summed E-state index contributed by atoms with van der Waals surface area (Å²) in [7, 11) is 1.76. The standard InChI is InChI=1S/C23H26N4O3/c1-14-5-4-6-16(9-14)11-27-13-23-8-7-18(30-23)19(20(23)22(27)29)21(28)26(3)12-17-10-15(2)24-25-17/h4-10,18-20H,11-13H2,1-3H3,(H,24,25)/t18-,19-,20-,23-/m0/s1. The number of likely N-dealkylation sites (tertiary alicyclic amines) is 1. The van der Waals surface area contributed by atoms with Gasteiger partial charge in [0.05, 0.1) is 36.7 Å². The van der Waals surface area contributed by atoms with E-state index in [1.807, 2.05) is 55.2 Å². The van der Waals surface area contributed by atoms with Gasteiger partial charge in [0.2, 0.25) is 11.8 Å². The van der Waals surface area contributed by atoms with Crippen LogP contribution in [0.2, 0.25) is 0 Å². The summed E-state index contributed by atoms with van der Waals surface area (Å²) in [5, 5.41) is 7.12. The number of hydrogen-bond donors (Lipinski definition) is 1. The fourth-order valence-corrected chi connectivity index (χ4v) is 5.16. The molecule has 30 heavy (non-hydrogen) atoms. The molecule has 2 saturated heterocycles. The van der Waals surface area contributed by atoms with Gasteiger partial charge in [-0.1, -0.05) is 42.0 Å². The molecular weight excluding hydrogens is 380 g/mol. The zero-order valence-corrected chi connectivity index (χ0v) is 17.5. The van der Waals surface area contributed by atoms with Crippen LogP contribution in [0.4, 0.5) is 0 Å². The summed E-state index contributed by atoms with van der Waals surface area (Å²) in [6, 6.07) is 10.1. The van der Waals surface area contributed by atoms with Crippen LogP contribution < -0.4 is 0 Å². The van der Waals surface area contributed by atoms with Crippen molar-refractivity contribution >= 4 is 11.8 Å². The van der Waals surface area contributed by atoms with Crippen LogP contribution in [-0.2, 0) is 27.4 Å². The number of carbonyl (C=O) groups is 2. The highest BCUT2D eigenvalue weighted by atomic mass is 16.5. The molecule has 3 aliphatic rings. The van der Waals surface area contributed by atoms with Crippen LogP contribution in [0.3, 0.4) is 0 Å². The van der Waals surface area contributed by atoms with Crippen molar-refractivity contribution in [2.24, 2.45) is 11.8 Å². The average molecular weight is 406 g/mol. The Hall–Kier alpha value is -2.93. The second kappa shape index (κ2) is 6.80. The second-order valence-electron chi connectivity index (χ2n) is 8.82. The number of nitrogens with zero attached hydrogens (tertiary/aromatic N) is 3. The van der Waals surface area contributed by atoms with Crippen LogP contribution in [0, 0.1) is 25.7 Å². The zero-order valence-electron chi connectivity index (χ0n) is 17.5. The van der Waals surface area contributed by atoms with Gasteiger partial charge in [-0.2, -0.15) is 5.10 Å². The molecular formula is C23H26N4O3. The molecule has 2 bridgehead atoms. The van der Waals surface area contributed by atoms with Gasteiger partial charge in [-0.15, -0.1) is 0 Å². The number of amides is 2. The number of aryl methyl sites for hydroxylation is 2. The zero-order chi connectivity index (χ0) is 21.0. The summed E-state index contributed by atoms with van der Waals surface area (Å²) < 4.78 is 6.24. The molecule has 1 spiro atoms. The third kappa shape index (κ3) is 2.96. The number of ether oxygens (including phenoxy) is 1. The second-order valence-corrected chi connectivity index (χ2v) is 8.82. The number of H-pyrrole nitrogens is 1. The quantitative estimate of drug-likeness (QED) is 0.770. The Bertz CT molecular complexity index is 1040. The van der Waals surface area contributed by atoms with Crippen LogP contribution in [0.25, 0.3) is 0 Å². The lowest BCUT2D eigenvalue weighted by Gasteiger charge is -2.27. The van der Waals surface area contributed by atoms with Gasteiger partial charge in [0.1, 0.15) is 5.60 Å². The molecule has 4 heterocycles. The van der Waals surface area contributed by atoms with E-state index in [0.29, 0.717) is 19.6 Å². The molecule has 3 aliphatic heterocycles. The number of aromatic nitrogens is 2. The summed E-state index contributed by atoms with van der Waals surface area (Å²) in [5.41, 5.74) is 3.32. The van der Waals surface area contributed by atoms with Crippen LogP contribution in [0.1, 0.15) is 22.5 Å². The SMILES string of the molecule is Cc1cccc(CN2C[C@]34C=C[C@H](O3)[C@H](C(=O)N(C)Cc3cc(C)[nH]n3)[C@H]4C2=O)c1. The Kier molecular flexibility index (Phi) is 4.32. The highest BCUT2D eigenvalue weighted by Gasteiger charge is 2.67. The fourth-order valence-electron chi connectivity index (χ4n) is 5.16. The minimum Gasteiger partial charge on any atom is -0.360 e. The molecule has 4 atom stereocenters. The van der Waals surface area contributed by atoms with E-state index in [4.69, 9.17) is 4.74 Å². The molecule has 2 amide bonds. The predicted octanol–water partition coefficient (Wildman–Crippen LogP) is 1.97. The fraction of sp³-hybridized carbons (Fsp3) is 0.435. The molecule has 2 aromatic rings. The number of aromatic amines is 1. The monoisotopic (exact) mass is 406 g/mol. The Morgan fingerprint density at radius 2 is 2.20 bits per heavy atom. The molecule has 7 nitrogen and oxygen atoms in total. The number of rotatable bonds is 5. The lowest BCUT2D eigenvalue weighted by atomic mass is 9.76. The molecule has 1 aromatic carbocycles. The molecule has 5 rings (SSSR count). The van der Waals surface area contributed by atoms with Gasteiger partial charge >= 0.3 is 0 Å². The number of carbonyl (C=O) groups excluding carboxylic acids is 2. The van der Waals surface area contributed by atoms with Gasteiger partial charge in [-0.05, 0) is 25.5 Å². The van der Waals surface area contributed by atoms with E-state index in [1.165, 1.54) is 0 Å². The number of nitrogens with one attached hydrogen (secondary N) is 1. The van der Waals surface area contributed by atoms with Crippen molar-refractivity contribution in [1.82, 2.24) is 20.0 Å². The van der Waals surface area contributed by atoms with Crippen molar-refractivity contribution in [3.63, 3.8) is 0 Å². The molecule has 0 radical (unpaired) electrons. The average Bonchev–Trinajstić information content (AvgIpc) is 3.44. The minimum atomic E-state index is -0.685. The number of hydrogen-bond acceptors (Lipinski definition) is 4. The number of benzene rings is 1. The Morgan fingerprint density at radius 3 is 2.93 bits per heavy atom. The first-order chi connectivity index (χ1) is 14.4. The topological polar surface area (TPSA) is 78.5 Å². The Labute approximate surface area is 175 Å². The van der Waals surface area contributed by atoms with Gasteiger partial charge in [-0.25, -0.2) is 0 Å². The smallest absolute Gasteiger partial charge is 0.230 e. The molecule has 1 aromatic heterocycles. The Balaban J connectivity index is 1.36. The maximum Gasteiger partial charge on any atom is 0.230 e. The van der Waals surface area contributed by atoms with Crippen molar-refractivity contribution in [2.45, 2.75) is 38.6 Å². The first-order valence-corrected chi connectivity index (χ1v) is 10.3. The lowest BCUT2D eigenvalue weighted by molar-refractivity contribution is -0.142. The molecule has 0 aliphatic carbocycles. The summed E-state index contributed by atoms with van der Waals surface area (Å²) in [5.74, 6) is -1.02. The molecule has 2 fully saturated rings. The number of fused-ring (bicyclic) bond motifs is 1. The van der Waals surface area contributed by atoms with Gasteiger partial charge in [0.25, 0.3) is 0 Å². The van der Waals surface area contributed by atoms with Crippen LogP contribution >= 0.6 is 0 Å². The van der Waals surface area contributed by atoms with E-state index < -0.39 is 17.4 Å². The molecule has 7 heteroatoms. The van der Waals surface area contributed by atoms with Crippen molar-refractivity contribution in [3.8, 4) is 0 Å².